The first-order valence-corrected chi connectivity index (χ1v) is 6.25. The van der Waals surface area contributed by atoms with Crippen LogP contribution < -0.4 is 5.32 Å². The lowest BCUT2D eigenvalue weighted by molar-refractivity contribution is -0.117. The highest BCUT2D eigenvalue weighted by atomic mass is 16.5. The summed E-state index contributed by atoms with van der Waals surface area (Å²) in [6.45, 7) is 3.03. The maximum Gasteiger partial charge on any atom is 0.335 e. The Labute approximate surface area is 117 Å². The van der Waals surface area contributed by atoms with E-state index in [9.17, 15) is 9.59 Å². The molecule has 6 nitrogen and oxygen atoms in total. The molecule has 110 valence electrons. The minimum atomic E-state index is -1.02. The zero-order valence-corrected chi connectivity index (χ0v) is 11.6. The highest BCUT2D eigenvalue weighted by Gasteiger charge is 2.09. The van der Waals surface area contributed by atoms with Crippen molar-refractivity contribution in [3.05, 3.63) is 29.3 Å². The summed E-state index contributed by atoms with van der Waals surface area (Å²) in [6.07, 6.45) is 0.209. The number of nitrogens with one attached hydrogen (secondary N) is 1. The van der Waals surface area contributed by atoms with Crippen LogP contribution in [0.1, 0.15) is 22.3 Å². The van der Waals surface area contributed by atoms with E-state index in [0.29, 0.717) is 25.5 Å². The van der Waals surface area contributed by atoms with Gasteiger partial charge in [-0.3, -0.25) is 4.79 Å². The summed E-state index contributed by atoms with van der Waals surface area (Å²) >= 11 is 0. The van der Waals surface area contributed by atoms with Gasteiger partial charge in [-0.25, -0.2) is 4.79 Å². The van der Waals surface area contributed by atoms with Crippen LogP contribution in [0.2, 0.25) is 0 Å². The number of carbonyl (C=O) groups excluding carboxylic acids is 1. The fourth-order valence-corrected chi connectivity index (χ4v) is 1.51. The van der Waals surface area contributed by atoms with Gasteiger partial charge in [-0.05, 0) is 24.6 Å². The van der Waals surface area contributed by atoms with E-state index >= 15 is 0 Å². The molecule has 0 saturated heterocycles. The minimum Gasteiger partial charge on any atom is -0.478 e. The number of amides is 1. The SMILES string of the molecule is COCCOCCC(=O)Nc1cc(C(=O)O)ccc1C. The monoisotopic (exact) mass is 281 g/mol. The molecule has 1 aromatic carbocycles. The van der Waals surface area contributed by atoms with E-state index in [0.717, 1.165) is 5.56 Å². The van der Waals surface area contributed by atoms with Crippen molar-refractivity contribution in [3.8, 4) is 0 Å². The smallest absolute Gasteiger partial charge is 0.335 e. The summed E-state index contributed by atoms with van der Waals surface area (Å²) in [5.41, 5.74) is 1.46. The number of rotatable bonds is 8. The molecule has 0 aliphatic heterocycles. The number of carbonyl (C=O) groups is 2. The minimum absolute atomic E-state index is 0.141. The second-order valence-electron chi connectivity index (χ2n) is 4.24. The number of hydrogen-bond donors (Lipinski definition) is 2. The third kappa shape index (κ3) is 5.38. The lowest BCUT2D eigenvalue weighted by Gasteiger charge is -2.09. The Morgan fingerprint density at radius 2 is 2.00 bits per heavy atom. The van der Waals surface area contributed by atoms with Crippen LogP contribution in [-0.2, 0) is 14.3 Å². The Bertz CT molecular complexity index is 473. The molecular weight excluding hydrogens is 262 g/mol. The first-order valence-electron chi connectivity index (χ1n) is 6.25. The number of ether oxygens (including phenoxy) is 2. The molecule has 0 radical (unpaired) electrons. The van der Waals surface area contributed by atoms with Crippen LogP contribution in [0, 0.1) is 6.92 Å². The molecule has 0 unspecified atom stereocenters. The van der Waals surface area contributed by atoms with Crippen molar-refractivity contribution in [1.29, 1.82) is 0 Å². The van der Waals surface area contributed by atoms with Crippen LogP contribution in [-0.4, -0.2) is 43.9 Å². The van der Waals surface area contributed by atoms with Gasteiger partial charge < -0.3 is 19.9 Å². The number of benzene rings is 1. The third-order valence-corrected chi connectivity index (χ3v) is 2.66. The van der Waals surface area contributed by atoms with Crippen molar-refractivity contribution in [2.45, 2.75) is 13.3 Å². The van der Waals surface area contributed by atoms with E-state index < -0.39 is 5.97 Å². The summed E-state index contributed by atoms with van der Waals surface area (Å²) < 4.78 is 10.0. The van der Waals surface area contributed by atoms with Gasteiger partial charge in [0.2, 0.25) is 5.91 Å². The maximum atomic E-state index is 11.7. The number of aromatic carboxylic acids is 1. The van der Waals surface area contributed by atoms with Gasteiger partial charge >= 0.3 is 5.97 Å². The Hall–Kier alpha value is -1.92. The summed E-state index contributed by atoms with van der Waals surface area (Å²) in [7, 11) is 1.58. The van der Waals surface area contributed by atoms with Gasteiger partial charge in [0.05, 0.1) is 31.8 Å². The normalized spacial score (nSPS) is 10.3. The molecule has 0 bridgehead atoms. The molecule has 0 spiro atoms. The Morgan fingerprint density at radius 1 is 1.25 bits per heavy atom. The third-order valence-electron chi connectivity index (χ3n) is 2.66. The molecule has 0 aliphatic rings. The Kier molecular flexibility index (Phi) is 6.69. The molecule has 6 heteroatoms. The first kappa shape index (κ1) is 16.1. The van der Waals surface area contributed by atoms with E-state index in [1.807, 2.05) is 0 Å². The van der Waals surface area contributed by atoms with Crippen molar-refractivity contribution < 1.29 is 24.2 Å². The molecule has 2 N–H and O–H groups in total. The molecule has 1 rings (SSSR count). The summed E-state index contributed by atoms with van der Waals surface area (Å²) in [5, 5.41) is 11.6. The first-order chi connectivity index (χ1) is 9.54. The van der Waals surface area contributed by atoms with Crippen molar-refractivity contribution in [3.63, 3.8) is 0 Å². The van der Waals surface area contributed by atoms with Gasteiger partial charge in [0.1, 0.15) is 0 Å². The number of hydrogen-bond acceptors (Lipinski definition) is 4. The lowest BCUT2D eigenvalue weighted by Crippen LogP contribution is -2.16. The van der Waals surface area contributed by atoms with Crippen molar-refractivity contribution in [1.82, 2.24) is 0 Å². The number of aryl methyl sites for hydroxylation is 1. The molecular formula is C14H19NO5. The lowest BCUT2D eigenvalue weighted by atomic mass is 10.1. The fraction of sp³-hybridized carbons (Fsp3) is 0.429. The van der Waals surface area contributed by atoms with Crippen LogP contribution in [0.15, 0.2) is 18.2 Å². The largest absolute Gasteiger partial charge is 0.478 e. The predicted octanol–water partition coefficient (Wildman–Crippen LogP) is 1.68. The van der Waals surface area contributed by atoms with Crippen molar-refractivity contribution in [2.24, 2.45) is 0 Å². The predicted molar refractivity (Wildman–Crippen MR) is 74.1 cm³/mol. The zero-order chi connectivity index (χ0) is 15.0. The maximum absolute atomic E-state index is 11.7. The molecule has 20 heavy (non-hydrogen) atoms. The van der Waals surface area contributed by atoms with Gasteiger partial charge in [0, 0.05) is 12.8 Å². The highest BCUT2D eigenvalue weighted by Crippen LogP contribution is 2.17. The molecule has 0 saturated carbocycles. The Balaban J connectivity index is 2.49. The number of methoxy groups -OCH3 is 1. The van der Waals surface area contributed by atoms with Crippen LogP contribution >= 0.6 is 0 Å². The molecule has 0 atom stereocenters. The van der Waals surface area contributed by atoms with Crippen LogP contribution in [0.25, 0.3) is 0 Å². The zero-order valence-electron chi connectivity index (χ0n) is 11.6. The molecule has 0 aliphatic carbocycles. The summed E-state index contributed by atoms with van der Waals surface area (Å²) in [4.78, 5) is 22.6. The number of carboxylic acid groups (broad SMARTS) is 1. The van der Waals surface area contributed by atoms with E-state index in [1.54, 1.807) is 20.1 Å². The average molecular weight is 281 g/mol. The van der Waals surface area contributed by atoms with Gasteiger partial charge in [-0.2, -0.15) is 0 Å². The van der Waals surface area contributed by atoms with Crippen molar-refractivity contribution in [2.75, 3.05) is 32.2 Å². The molecule has 0 fully saturated rings. The quantitative estimate of drug-likeness (QED) is 0.708. The van der Waals surface area contributed by atoms with Crippen LogP contribution in [0.4, 0.5) is 5.69 Å². The van der Waals surface area contributed by atoms with Crippen molar-refractivity contribution >= 4 is 17.6 Å². The number of anilines is 1. The van der Waals surface area contributed by atoms with Crippen LogP contribution in [0.5, 0.6) is 0 Å². The second kappa shape index (κ2) is 8.29. The van der Waals surface area contributed by atoms with Gasteiger partial charge in [-0.15, -0.1) is 0 Å². The molecule has 0 aromatic heterocycles. The fourth-order valence-electron chi connectivity index (χ4n) is 1.51. The average Bonchev–Trinajstić information content (AvgIpc) is 2.40. The van der Waals surface area contributed by atoms with E-state index in [4.69, 9.17) is 14.6 Å². The van der Waals surface area contributed by atoms with Gasteiger partial charge in [-0.1, -0.05) is 6.07 Å². The van der Waals surface area contributed by atoms with Gasteiger partial charge in [0.25, 0.3) is 0 Å². The van der Waals surface area contributed by atoms with E-state index in [1.165, 1.54) is 12.1 Å². The molecule has 0 heterocycles. The standard InChI is InChI=1S/C14H19NO5/c1-10-3-4-11(14(17)18)9-12(10)15-13(16)5-6-20-8-7-19-2/h3-4,9H,5-8H2,1-2H3,(H,15,16)(H,17,18). The topological polar surface area (TPSA) is 84.9 Å². The Morgan fingerprint density at radius 3 is 2.65 bits per heavy atom. The van der Waals surface area contributed by atoms with E-state index in [-0.39, 0.29) is 17.9 Å². The van der Waals surface area contributed by atoms with E-state index in [2.05, 4.69) is 5.32 Å². The van der Waals surface area contributed by atoms with Crippen LogP contribution in [0.3, 0.4) is 0 Å². The molecule has 1 amide bonds. The molecule has 1 aromatic rings. The van der Waals surface area contributed by atoms with Gasteiger partial charge in [0.15, 0.2) is 0 Å². The summed E-state index contributed by atoms with van der Waals surface area (Å²) in [6, 6.07) is 4.61. The summed E-state index contributed by atoms with van der Waals surface area (Å²) in [5.74, 6) is -1.24. The second-order valence-corrected chi connectivity index (χ2v) is 4.24. The highest BCUT2D eigenvalue weighted by molar-refractivity contribution is 5.94. The number of carboxylic acids is 1.